The largest absolute Gasteiger partial charge is 0.394 e. The van der Waals surface area contributed by atoms with Crippen LogP contribution >= 0.6 is 0 Å². The third kappa shape index (κ3) is 39.5. The van der Waals surface area contributed by atoms with E-state index >= 15 is 0 Å². The molecule has 0 aromatic heterocycles. The van der Waals surface area contributed by atoms with Gasteiger partial charge in [0.25, 0.3) is 0 Å². The Labute approximate surface area is 515 Å². The summed E-state index contributed by atoms with van der Waals surface area (Å²) >= 11 is 0. The summed E-state index contributed by atoms with van der Waals surface area (Å²) in [4.78, 5) is 13.3. The Balaban J connectivity index is 1.73. The van der Waals surface area contributed by atoms with Gasteiger partial charge in [-0.1, -0.05) is 272 Å². The third-order valence-electron chi connectivity index (χ3n) is 16.0. The minimum Gasteiger partial charge on any atom is -0.394 e. The van der Waals surface area contributed by atoms with E-state index in [1.165, 1.54) is 154 Å². The van der Waals surface area contributed by atoms with Crippen LogP contribution in [0.2, 0.25) is 0 Å². The van der Waals surface area contributed by atoms with Crippen LogP contribution in [0.15, 0.2) is 97.2 Å². The lowest BCUT2D eigenvalue weighted by atomic mass is 9.97. The van der Waals surface area contributed by atoms with Crippen LogP contribution in [0, 0.1) is 0 Å². The van der Waals surface area contributed by atoms with E-state index < -0.39 is 86.8 Å². The smallest absolute Gasteiger partial charge is 0.220 e. The SMILES string of the molecule is CC/C=C\C/C=C\C/C=C\C/C=C\C/C=C\C/C=C\C/C=C\CCCC(=O)NC(COC1OC(CO)C(OC2OC(CO)C(O)C(O)C2O)C(O)C1O)C(O)/C=C/CCCCCCCCCCCCCCCCCCCCCCCCCCCC. The predicted molar refractivity (Wildman–Crippen MR) is 346 cm³/mol. The average molecular weight is 1200 g/mol. The molecule has 1 amide bonds. The number of ether oxygens (including phenoxy) is 4. The second kappa shape index (κ2) is 55.0. The molecule has 12 atom stereocenters. The van der Waals surface area contributed by atoms with E-state index in [-0.39, 0.29) is 18.9 Å². The normalized spacial score (nSPS) is 24.2. The van der Waals surface area contributed by atoms with Crippen LogP contribution in [0.4, 0.5) is 0 Å². The number of hydrogen-bond acceptors (Lipinski definition) is 13. The van der Waals surface area contributed by atoms with Crippen LogP contribution in [0.25, 0.3) is 0 Å². The van der Waals surface area contributed by atoms with Crippen molar-refractivity contribution in [3.05, 3.63) is 97.2 Å². The van der Waals surface area contributed by atoms with Crippen molar-refractivity contribution in [2.24, 2.45) is 0 Å². The van der Waals surface area contributed by atoms with Crippen LogP contribution in [-0.4, -0.2) is 140 Å². The second-order valence-corrected chi connectivity index (χ2v) is 23.6. The molecule has 2 rings (SSSR count). The van der Waals surface area contributed by atoms with Gasteiger partial charge >= 0.3 is 0 Å². The molecule has 0 saturated carbocycles. The Morgan fingerprint density at radius 2 is 0.812 bits per heavy atom. The van der Waals surface area contributed by atoms with E-state index in [1.54, 1.807) is 6.08 Å². The third-order valence-corrected chi connectivity index (χ3v) is 16.0. The Kier molecular flexibility index (Phi) is 50.5. The lowest BCUT2D eigenvalue weighted by Gasteiger charge is -2.46. The summed E-state index contributed by atoms with van der Waals surface area (Å²) in [5.41, 5.74) is 0. The van der Waals surface area contributed by atoms with E-state index in [9.17, 15) is 45.6 Å². The highest BCUT2D eigenvalue weighted by molar-refractivity contribution is 5.76. The van der Waals surface area contributed by atoms with Crippen molar-refractivity contribution in [2.45, 2.75) is 325 Å². The molecule has 85 heavy (non-hydrogen) atoms. The number of carbonyl (C=O) groups is 1. The zero-order chi connectivity index (χ0) is 61.6. The number of allylic oxidation sites excluding steroid dienone is 15. The molecule has 2 heterocycles. The van der Waals surface area contributed by atoms with Gasteiger partial charge in [-0.3, -0.25) is 4.79 Å². The summed E-state index contributed by atoms with van der Waals surface area (Å²) in [6.07, 6.45) is 60.3. The van der Waals surface area contributed by atoms with E-state index in [0.29, 0.717) is 12.8 Å². The van der Waals surface area contributed by atoms with Gasteiger partial charge in [-0.25, -0.2) is 0 Å². The van der Waals surface area contributed by atoms with E-state index in [4.69, 9.17) is 18.9 Å². The molecular formula is C71H123NO13. The van der Waals surface area contributed by atoms with Crippen LogP contribution in [0.1, 0.15) is 251 Å². The first kappa shape index (κ1) is 78.0. The van der Waals surface area contributed by atoms with Crippen LogP contribution in [0.3, 0.4) is 0 Å². The van der Waals surface area contributed by atoms with Gasteiger partial charge in [0.2, 0.25) is 5.91 Å². The average Bonchev–Trinajstić information content (AvgIpc) is 3.68. The summed E-state index contributed by atoms with van der Waals surface area (Å²) < 4.78 is 22.8. The van der Waals surface area contributed by atoms with Crippen LogP contribution in [0.5, 0.6) is 0 Å². The highest BCUT2D eigenvalue weighted by Gasteiger charge is 2.51. The molecule has 0 aromatic rings. The quantitative estimate of drug-likeness (QED) is 0.0204. The second-order valence-electron chi connectivity index (χ2n) is 23.6. The minimum absolute atomic E-state index is 0.196. The topological polar surface area (TPSA) is 228 Å². The lowest BCUT2D eigenvalue weighted by Crippen LogP contribution is -2.65. The van der Waals surface area contributed by atoms with Gasteiger partial charge in [-0.05, 0) is 70.6 Å². The van der Waals surface area contributed by atoms with Gasteiger partial charge < -0.3 is 65.1 Å². The van der Waals surface area contributed by atoms with Gasteiger partial charge in [0.15, 0.2) is 12.6 Å². The molecule has 0 bridgehead atoms. The van der Waals surface area contributed by atoms with Crippen molar-refractivity contribution < 1.29 is 64.6 Å². The first-order valence-electron chi connectivity index (χ1n) is 34.0. The van der Waals surface area contributed by atoms with E-state index in [2.05, 4.69) is 104 Å². The van der Waals surface area contributed by atoms with Gasteiger partial charge in [-0.2, -0.15) is 0 Å². The number of aliphatic hydroxyl groups is 8. The van der Waals surface area contributed by atoms with Crippen LogP contribution in [-0.2, 0) is 23.7 Å². The number of aliphatic hydroxyl groups excluding tert-OH is 8. The Hall–Kier alpha value is -3.09. The van der Waals surface area contributed by atoms with Crippen molar-refractivity contribution in [1.29, 1.82) is 0 Å². The lowest BCUT2D eigenvalue weighted by molar-refractivity contribution is -0.359. The van der Waals surface area contributed by atoms with Crippen molar-refractivity contribution in [3.8, 4) is 0 Å². The fourth-order valence-electron chi connectivity index (χ4n) is 10.6. The van der Waals surface area contributed by atoms with Crippen LogP contribution < -0.4 is 5.32 Å². The molecular weight excluding hydrogens is 1070 g/mol. The molecule has 12 unspecified atom stereocenters. The molecule has 14 heteroatoms. The van der Waals surface area contributed by atoms with Gasteiger partial charge in [0.1, 0.15) is 48.8 Å². The summed E-state index contributed by atoms with van der Waals surface area (Å²) in [7, 11) is 0. The summed E-state index contributed by atoms with van der Waals surface area (Å²) in [5, 5.41) is 87.3. The number of rotatable bonds is 54. The first-order valence-corrected chi connectivity index (χ1v) is 34.0. The maximum atomic E-state index is 13.3. The molecule has 14 nitrogen and oxygen atoms in total. The Bertz CT molecular complexity index is 1800. The number of amides is 1. The maximum Gasteiger partial charge on any atom is 0.220 e. The van der Waals surface area contributed by atoms with Crippen molar-refractivity contribution in [3.63, 3.8) is 0 Å². The van der Waals surface area contributed by atoms with Gasteiger partial charge in [0.05, 0.1) is 32.0 Å². The molecule has 490 valence electrons. The summed E-state index contributed by atoms with van der Waals surface area (Å²) in [5.74, 6) is -0.298. The number of unbranched alkanes of at least 4 members (excludes halogenated alkanes) is 27. The fourth-order valence-corrected chi connectivity index (χ4v) is 10.6. The zero-order valence-electron chi connectivity index (χ0n) is 53.1. The fraction of sp³-hybridized carbons (Fsp3) is 0.761. The predicted octanol–water partition coefficient (Wildman–Crippen LogP) is 13.4. The Morgan fingerprint density at radius 1 is 0.435 bits per heavy atom. The first-order chi connectivity index (χ1) is 41.6. The Morgan fingerprint density at radius 3 is 1.24 bits per heavy atom. The van der Waals surface area contributed by atoms with Gasteiger partial charge in [0, 0.05) is 6.42 Å². The van der Waals surface area contributed by atoms with E-state index in [0.717, 1.165) is 64.2 Å². The number of carbonyl (C=O) groups excluding carboxylic acids is 1. The maximum absolute atomic E-state index is 13.3. The monoisotopic (exact) mass is 1200 g/mol. The molecule has 2 fully saturated rings. The minimum atomic E-state index is -1.80. The number of hydrogen-bond donors (Lipinski definition) is 9. The molecule has 2 aliphatic rings. The van der Waals surface area contributed by atoms with Crippen molar-refractivity contribution in [1.82, 2.24) is 5.32 Å². The molecule has 0 aromatic carbocycles. The van der Waals surface area contributed by atoms with Crippen molar-refractivity contribution >= 4 is 5.91 Å². The zero-order valence-corrected chi connectivity index (χ0v) is 53.1. The molecule has 0 aliphatic carbocycles. The molecule has 0 radical (unpaired) electrons. The number of nitrogens with one attached hydrogen (secondary N) is 1. The molecule has 2 aliphatic heterocycles. The highest BCUT2D eigenvalue weighted by atomic mass is 16.7. The van der Waals surface area contributed by atoms with Gasteiger partial charge in [-0.15, -0.1) is 0 Å². The van der Waals surface area contributed by atoms with Crippen molar-refractivity contribution in [2.75, 3.05) is 19.8 Å². The summed E-state index contributed by atoms with van der Waals surface area (Å²) in [6.45, 7) is 2.66. The molecule has 0 spiro atoms. The standard InChI is InChI=1S/C71H123NO13/c1-3-5-7-9-11-13-15-17-19-21-23-25-27-28-29-30-31-33-34-36-38-40-42-44-46-48-50-52-54-60(75)59(58-82-70-68(81)66(79)69(62(57-74)84-70)85-71-67(80)65(78)64(77)61(56-73)83-71)72-63(76)55-53-51-49-47-45-43-41-39-37-35-32-26-24-22-20-18-16-14-12-10-8-6-4-2/h6,8,12,14,18,20,24,26,35,37,41,43,47,49,52,54,59-62,64-71,73-75,77-81H,3-5,7,9-11,13,15-17,19,21-23,25,27-34,36,38-40,42,44-46,48,50-51,53,55-58H2,1-2H3,(H,72,76)/b8-6-,14-12-,20-18-,26-24-,37-35-,43-41-,49-47-,54-52+. The highest BCUT2D eigenvalue weighted by Crippen LogP contribution is 2.30. The molecule has 2 saturated heterocycles. The molecule has 9 N–H and O–H groups in total. The van der Waals surface area contributed by atoms with E-state index in [1.807, 2.05) is 6.08 Å². The summed E-state index contributed by atoms with van der Waals surface area (Å²) in [6, 6.07) is -0.954.